The number of rotatable bonds is 4. The molecule has 0 aliphatic carbocycles. The minimum absolute atomic E-state index is 0.337. The number of phenolic OH excluding ortho intramolecular Hbond substituents is 1. The van der Waals surface area contributed by atoms with E-state index >= 15 is 0 Å². The van der Waals surface area contributed by atoms with Crippen molar-refractivity contribution in [3.63, 3.8) is 0 Å². The molecule has 3 heteroatoms. The summed E-state index contributed by atoms with van der Waals surface area (Å²) in [7, 11) is 0. The zero-order valence-electron chi connectivity index (χ0n) is 11.8. The zero-order chi connectivity index (χ0) is 13.9. The van der Waals surface area contributed by atoms with E-state index in [-0.39, 0.29) is 0 Å². The summed E-state index contributed by atoms with van der Waals surface area (Å²) in [6.07, 6.45) is 1.46. The van der Waals surface area contributed by atoms with Crippen molar-refractivity contribution in [2.75, 3.05) is 13.2 Å². The van der Waals surface area contributed by atoms with E-state index in [2.05, 4.69) is 24.4 Å². The highest BCUT2D eigenvalue weighted by molar-refractivity contribution is 5.87. The maximum absolute atomic E-state index is 10.1. The van der Waals surface area contributed by atoms with Gasteiger partial charge in [0, 0.05) is 25.3 Å². The minimum atomic E-state index is 0.337. The van der Waals surface area contributed by atoms with E-state index in [9.17, 15) is 5.11 Å². The molecule has 1 aliphatic heterocycles. The van der Waals surface area contributed by atoms with E-state index in [4.69, 9.17) is 4.74 Å². The molecule has 2 atom stereocenters. The molecule has 0 bridgehead atoms. The average molecular weight is 271 g/mol. The van der Waals surface area contributed by atoms with Crippen LogP contribution < -0.4 is 5.32 Å². The van der Waals surface area contributed by atoms with Gasteiger partial charge < -0.3 is 15.2 Å². The van der Waals surface area contributed by atoms with Gasteiger partial charge in [0.1, 0.15) is 5.75 Å². The molecule has 20 heavy (non-hydrogen) atoms. The van der Waals surface area contributed by atoms with Crippen LogP contribution in [0.3, 0.4) is 0 Å². The molecular formula is C17H21NO2. The predicted molar refractivity (Wildman–Crippen MR) is 80.8 cm³/mol. The Morgan fingerprint density at radius 2 is 2.10 bits per heavy atom. The largest absolute Gasteiger partial charge is 0.508 e. The van der Waals surface area contributed by atoms with E-state index in [1.807, 2.05) is 18.2 Å². The van der Waals surface area contributed by atoms with Crippen molar-refractivity contribution >= 4 is 10.8 Å². The summed E-state index contributed by atoms with van der Waals surface area (Å²) < 4.78 is 5.57. The first-order valence-corrected chi connectivity index (χ1v) is 7.27. The van der Waals surface area contributed by atoms with Crippen LogP contribution >= 0.6 is 0 Å². The Bertz CT molecular complexity index is 597. The van der Waals surface area contributed by atoms with E-state index in [0.29, 0.717) is 24.3 Å². The monoisotopic (exact) mass is 271 g/mol. The number of phenols is 1. The summed E-state index contributed by atoms with van der Waals surface area (Å²) in [5, 5.41) is 15.8. The number of hydrogen-bond donors (Lipinski definition) is 2. The third-order valence-electron chi connectivity index (χ3n) is 4.26. The normalized spacial score (nSPS) is 22.4. The molecule has 0 radical (unpaired) electrons. The summed E-state index contributed by atoms with van der Waals surface area (Å²) >= 11 is 0. The molecule has 106 valence electrons. The lowest BCUT2D eigenvalue weighted by atomic mass is 10.0. The van der Waals surface area contributed by atoms with Crippen LogP contribution in [-0.2, 0) is 11.3 Å². The van der Waals surface area contributed by atoms with Gasteiger partial charge in [0.25, 0.3) is 0 Å². The first kappa shape index (κ1) is 13.4. The van der Waals surface area contributed by atoms with Crippen molar-refractivity contribution in [2.45, 2.75) is 26.0 Å². The number of ether oxygens (including phenoxy) is 1. The second-order valence-electron chi connectivity index (χ2n) is 5.54. The minimum Gasteiger partial charge on any atom is -0.508 e. The van der Waals surface area contributed by atoms with E-state index in [1.54, 1.807) is 6.07 Å². The van der Waals surface area contributed by atoms with E-state index < -0.39 is 0 Å². The standard InChI is InChI=1S/C17H21NO2/c1-12-14(8-9-20-12)10-18-11-16-15-5-3-2-4-13(15)6-7-17(16)19/h2-7,12,14,18-19H,8-11H2,1H3. The predicted octanol–water partition coefficient (Wildman–Crippen LogP) is 3.06. The molecule has 2 aromatic carbocycles. The summed E-state index contributed by atoms with van der Waals surface area (Å²) in [6, 6.07) is 11.9. The van der Waals surface area contributed by atoms with Crippen LogP contribution in [0.2, 0.25) is 0 Å². The van der Waals surface area contributed by atoms with Crippen LogP contribution in [-0.4, -0.2) is 24.4 Å². The Morgan fingerprint density at radius 1 is 1.25 bits per heavy atom. The Labute approximate surface area is 119 Å². The molecular weight excluding hydrogens is 250 g/mol. The topological polar surface area (TPSA) is 41.5 Å². The zero-order valence-corrected chi connectivity index (χ0v) is 11.8. The Kier molecular flexibility index (Phi) is 3.90. The van der Waals surface area contributed by atoms with Gasteiger partial charge in [-0.15, -0.1) is 0 Å². The molecule has 0 aromatic heterocycles. The lowest BCUT2D eigenvalue weighted by Gasteiger charge is -2.16. The Balaban J connectivity index is 1.72. The van der Waals surface area contributed by atoms with Gasteiger partial charge in [-0.25, -0.2) is 0 Å². The number of fused-ring (bicyclic) bond motifs is 1. The summed E-state index contributed by atoms with van der Waals surface area (Å²) in [5.41, 5.74) is 0.981. The second-order valence-corrected chi connectivity index (χ2v) is 5.54. The van der Waals surface area contributed by atoms with E-state index in [1.165, 1.54) is 5.39 Å². The number of benzene rings is 2. The molecule has 0 amide bonds. The molecule has 1 fully saturated rings. The maximum atomic E-state index is 10.1. The van der Waals surface area contributed by atoms with E-state index in [0.717, 1.165) is 30.5 Å². The lowest BCUT2D eigenvalue weighted by Crippen LogP contribution is -2.26. The summed E-state index contributed by atoms with van der Waals surface area (Å²) in [5.74, 6) is 0.944. The van der Waals surface area contributed by atoms with Gasteiger partial charge >= 0.3 is 0 Å². The fourth-order valence-corrected chi connectivity index (χ4v) is 2.94. The highest BCUT2D eigenvalue weighted by Crippen LogP contribution is 2.27. The Hall–Kier alpha value is -1.58. The van der Waals surface area contributed by atoms with Crippen LogP contribution in [0.25, 0.3) is 10.8 Å². The third kappa shape index (κ3) is 2.65. The van der Waals surface area contributed by atoms with Gasteiger partial charge in [0.15, 0.2) is 0 Å². The SMILES string of the molecule is CC1OCCC1CNCc1c(O)ccc2ccccc12. The second kappa shape index (κ2) is 5.81. The summed E-state index contributed by atoms with van der Waals surface area (Å²) in [6.45, 7) is 4.63. The molecule has 2 unspecified atom stereocenters. The smallest absolute Gasteiger partial charge is 0.120 e. The highest BCUT2D eigenvalue weighted by Gasteiger charge is 2.23. The molecule has 0 saturated carbocycles. The number of hydrogen-bond acceptors (Lipinski definition) is 3. The van der Waals surface area contributed by atoms with Gasteiger partial charge in [0.2, 0.25) is 0 Å². The van der Waals surface area contributed by atoms with Gasteiger partial charge in [-0.1, -0.05) is 30.3 Å². The molecule has 2 N–H and O–H groups in total. The molecule has 1 heterocycles. The molecule has 1 aliphatic rings. The van der Waals surface area contributed by atoms with Crippen LogP contribution in [0.4, 0.5) is 0 Å². The maximum Gasteiger partial charge on any atom is 0.120 e. The first-order chi connectivity index (χ1) is 9.75. The lowest BCUT2D eigenvalue weighted by molar-refractivity contribution is 0.105. The molecule has 3 nitrogen and oxygen atoms in total. The van der Waals surface area contributed by atoms with Crippen molar-refractivity contribution in [3.8, 4) is 5.75 Å². The third-order valence-corrected chi connectivity index (χ3v) is 4.26. The van der Waals surface area contributed by atoms with Crippen molar-refractivity contribution in [2.24, 2.45) is 5.92 Å². The van der Waals surface area contributed by atoms with Gasteiger partial charge in [-0.2, -0.15) is 0 Å². The average Bonchev–Trinajstić information content (AvgIpc) is 2.87. The molecule has 3 rings (SSSR count). The van der Waals surface area contributed by atoms with Crippen LogP contribution in [0.1, 0.15) is 18.9 Å². The number of nitrogens with one attached hydrogen (secondary N) is 1. The molecule has 2 aromatic rings. The number of aromatic hydroxyl groups is 1. The first-order valence-electron chi connectivity index (χ1n) is 7.27. The van der Waals surface area contributed by atoms with Gasteiger partial charge in [0.05, 0.1) is 6.10 Å². The fraction of sp³-hybridized carbons (Fsp3) is 0.412. The van der Waals surface area contributed by atoms with Gasteiger partial charge in [-0.05, 0) is 36.1 Å². The van der Waals surface area contributed by atoms with Crippen LogP contribution in [0, 0.1) is 5.92 Å². The fourth-order valence-electron chi connectivity index (χ4n) is 2.94. The van der Waals surface area contributed by atoms with Crippen LogP contribution in [0.15, 0.2) is 36.4 Å². The quantitative estimate of drug-likeness (QED) is 0.898. The molecule has 1 saturated heterocycles. The van der Waals surface area contributed by atoms with Crippen LogP contribution in [0.5, 0.6) is 5.75 Å². The Morgan fingerprint density at radius 3 is 2.90 bits per heavy atom. The molecule has 0 spiro atoms. The van der Waals surface area contributed by atoms with Gasteiger partial charge in [-0.3, -0.25) is 0 Å². The van der Waals surface area contributed by atoms with Crippen molar-refractivity contribution < 1.29 is 9.84 Å². The van der Waals surface area contributed by atoms with Crippen molar-refractivity contribution in [1.82, 2.24) is 5.32 Å². The highest BCUT2D eigenvalue weighted by atomic mass is 16.5. The van der Waals surface area contributed by atoms with Crippen molar-refractivity contribution in [3.05, 3.63) is 42.0 Å². The van der Waals surface area contributed by atoms with Crippen molar-refractivity contribution in [1.29, 1.82) is 0 Å². The summed E-state index contributed by atoms with van der Waals surface area (Å²) in [4.78, 5) is 0.